The van der Waals surface area contributed by atoms with Crippen molar-refractivity contribution in [1.29, 1.82) is 0 Å². The number of aryl methyl sites for hydroxylation is 2. The summed E-state index contributed by atoms with van der Waals surface area (Å²) < 4.78 is 15.4. The van der Waals surface area contributed by atoms with Gasteiger partial charge in [0.15, 0.2) is 0 Å². The lowest BCUT2D eigenvalue weighted by atomic mass is 10.3. The molecule has 25 heavy (non-hydrogen) atoms. The third kappa shape index (κ3) is 10.3. The SMILES string of the molecule is CC.COCCOc1ncccc1C.Cc1cnccc1OCCO. The molecule has 2 aromatic heterocycles. The summed E-state index contributed by atoms with van der Waals surface area (Å²) >= 11 is 0. The third-order valence-electron chi connectivity index (χ3n) is 2.81. The largest absolute Gasteiger partial charge is 0.491 e. The Kier molecular flexibility index (Phi) is 14.0. The molecule has 0 fully saturated rings. The zero-order chi connectivity index (χ0) is 18.9. The Labute approximate surface area is 150 Å². The molecule has 0 saturated carbocycles. The zero-order valence-electron chi connectivity index (χ0n) is 15.9. The predicted molar refractivity (Wildman–Crippen MR) is 99.2 cm³/mol. The van der Waals surface area contributed by atoms with Gasteiger partial charge >= 0.3 is 0 Å². The first-order chi connectivity index (χ1) is 12.2. The number of aliphatic hydroxyl groups excluding tert-OH is 1. The summed E-state index contributed by atoms with van der Waals surface area (Å²) in [6.45, 7) is 9.41. The summed E-state index contributed by atoms with van der Waals surface area (Å²) in [7, 11) is 1.65. The van der Waals surface area contributed by atoms with Crippen molar-refractivity contribution in [2.45, 2.75) is 27.7 Å². The second-order valence-corrected chi connectivity index (χ2v) is 4.68. The highest BCUT2D eigenvalue weighted by Gasteiger charge is 1.97. The first-order valence-corrected chi connectivity index (χ1v) is 8.36. The normalized spacial score (nSPS) is 9.20. The number of aliphatic hydroxyl groups is 1. The lowest BCUT2D eigenvalue weighted by molar-refractivity contribution is 0.143. The minimum atomic E-state index is 0.0434. The molecule has 0 bridgehead atoms. The summed E-state index contributed by atoms with van der Waals surface area (Å²) in [4.78, 5) is 7.98. The Morgan fingerprint density at radius 3 is 2.32 bits per heavy atom. The summed E-state index contributed by atoms with van der Waals surface area (Å²) in [6, 6.07) is 5.64. The molecule has 140 valence electrons. The van der Waals surface area contributed by atoms with Crippen LogP contribution in [0.15, 0.2) is 36.8 Å². The van der Waals surface area contributed by atoms with Crippen molar-refractivity contribution in [3.05, 3.63) is 47.9 Å². The van der Waals surface area contributed by atoms with E-state index in [1.165, 1.54) is 0 Å². The maximum Gasteiger partial charge on any atom is 0.216 e. The molecule has 0 saturated heterocycles. The molecule has 2 rings (SSSR count). The number of pyridine rings is 2. The fraction of sp³-hybridized carbons (Fsp3) is 0.474. The molecule has 1 N–H and O–H groups in total. The molecule has 0 amide bonds. The minimum absolute atomic E-state index is 0.0434. The molecule has 2 heterocycles. The second-order valence-electron chi connectivity index (χ2n) is 4.68. The van der Waals surface area contributed by atoms with E-state index in [0.717, 1.165) is 16.9 Å². The third-order valence-corrected chi connectivity index (χ3v) is 2.81. The lowest BCUT2D eigenvalue weighted by Gasteiger charge is -2.05. The average Bonchev–Trinajstić information content (AvgIpc) is 2.65. The highest BCUT2D eigenvalue weighted by molar-refractivity contribution is 5.28. The van der Waals surface area contributed by atoms with Crippen molar-refractivity contribution in [1.82, 2.24) is 9.97 Å². The summed E-state index contributed by atoms with van der Waals surface area (Å²) in [5.41, 5.74) is 2.04. The van der Waals surface area contributed by atoms with Crippen LogP contribution in [-0.4, -0.2) is 48.6 Å². The Morgan fingerprint density at radius 2 is 1.72 bits per heavy atom. The molecule has 0 aliphatic heterocycles. The van der Waals surface area contributed by atoms with E-state index in [4.69, 9.17) is 19.3 Å². The molecule has 0 radical (unpaired) electrons. The van der Waals surface area contributed by atoms with Crippen LogP contribution in [0.1, 0.15) is 25.0 Å². The van der Waals surface area contributed by atoms with Gasteiger partial charge in [0.1, 0.15) is 19.0 Å². The molecule has 0 aromatic carbocycles. The fourth-order valence-corrected chi connectivity index (χ4v) is 1.62. The van der Waals surface area contributed by atoms with E-state index in [9.17, 15) is 0 Å². The van der Waals surface area contributed by atoms with E-state index in [1.807, 2.05) is 39.8 Å². The van der Waals surface area contributed by atoms with Crippen molar-refractivity contribution in [2.24, 2.45) is 0 Å². The van der Waals surface area contributed by atoms with Crippen molar-refractivity contribution >= 4 is 0 Å². The van der Waals surface area contributed by atoms with E-state index in [2.05, 4.69) is 9.97 Å². The van der Waals surface area contributed by atoms with Crippen LogP contribution >= 0.6 is 0 Å². The monoisotopic (exact) mass is 350 g/mol. The number of hydrogen-bond donors (Lipinski definition) is 1. The maximum atomic E-state index is 8.48. The molecule has 2 aromatic rings. The Bertz CT molecular complexity index is 565. The van der Waals surface area contributed by atoms with E-state index in [1.54, 1.807) is 31.8 Å². The van der Waals surface area contributed by atoms with Crippen LogP contribution in [0, 0.1) is 13.8 Å². The van der Waals surface area contributed by atoms with Crippen LogP contribution < -0.4 is 9.47 Å². The molecule has 6 nitrogen and oxygen atoms in total. The zero-order valence-corrected chi connectivity index (χ0v) is 15.9. The van der Waals surface area contributed by atoms with Crippen molar-refractivity contribution < 1.29 is 19.3 Å². The molecule has 0 aliphatic carbocycles. The average molecular weight is 350 g/mol. The van der Waals surface area contributed by atoms with Crippen LogP contribution in [0.5, 0.6) is 11.6 Å². The highest BCUT2D eigenvalue weighted by atomic mass is 16.5. The van der Waals surface area contributed by atoms with Crippen LogP contribution in [0.3, 0.4) is 0 Å². The standard InChI is InChI=1S/C9H13NO2.C8H11NO2.C2H6/c1-8-4-3-5-10-9(8)12-7-6-11-2;1-7-6-9-3-2-8(7)11-5-4-10;1-2/h3-5H,6-7H2,1-2H3;2-3,6,10H,4-5H2,1H3;1-2H3. The minimum Gasteiger partial charge on any atom is -0.491 e. The van der Waals surface area contributed by atoms with E-state index in [-0.39, 0.29) is 6.61 Å². The number of aromatic nitrogens is 2. The Hall–Kier alpha value is -2.18. The van der Waals surface area contributed by atoms with E-state index >= 15 is 0 Å². The highest BCUT2D eigenvalue weighted by Crippen LogP contribution is 2.14. The van der Waals surface area contributed by atoms with Gasteiger partial charge in [0.05, 0.1) is 13.2 Å². The first kappa shape index (κ1) is 22.8. The van der Waals surface area contributed by atoms with Crippen LogP contribution in [-0.2, 0) is 4.74 Å². The van der Waals surface area contributed by atoms with Gasteiger partial charge in [-0.3, -0.25) is 4.98 Å². The number of methoxy groups -OCH3 is 1. The predicted octanol–water partition coefficient (Wildman–Crippen LogP) is 3.20. The number of rotatable bonds is 7. The molecule has 6 heteroatoms. The number of nitrogens with zero attached hydrogens (tertiary/aromatic N) is 2. The Balaban J connectivity index is 0.000000421. The summed E-state index contributed by atoms with van der Waals surface area (Å²) in [6.07, 6.45) is 5.11. The second kappa shape index (κ2) is 15.4. The molecule has 0 aliphatic rings. The molecule has 0 spiro atoms. The van der Waals surface area contributed by atoms with Crippen LogP contribution in [0.4, 0.5) is 0 Å². The topological polar surface area (TPSA) is 73.7 Å². The van der Waals surface area contributed by atoms with Gasteiger partial charge in [-0.2, -0.15) is 0 Å². The van der Waals surface area contributed by atoms with Gasteiger partial charge in [-0.1, -0.05) is 19.9 Å². The summed E-state index contributed by atoms with van der Waals surface area (Å²) in [5, 5.41) is 8.48. The van der Waals surface area contributed by atoms with Gasteiger partial charge in [0.2, 0.25) is 5.88 Å². The summed E-state index contributed by atoms with van der Waals surface area (Å²) in [5.74, 6) is 1.48. The van der Waals surface area contributed by atoms with Gasteiger partial charge in [-0.15, -0.1) is 0 Å². The Morgan fingerprint density at radius 1 is 0.960 bits per heavy atom. The van der Waals surface area contributed by atoms with Crippen molar-refractivity contribution in [3.8, 4) is 11.6 Å². The fourth-order valence-electron chi connectivity index (χ4n) is 1.62. The van der Waals surface area contributed by atoms with Crippen LogP contribution in [0.25, 0.3) is 0 Å². The van der Waals surface area contributed by atoms with Crippen molar-refractivity contribution in [3.63, 3.8) is 0 Å². The quantitative estimate of drug-likeness (QED) is 0.773. The van der Waals surface area contributed by atoms with Gasteiger partial charge in [-0.05, 0) is 26.0 Å². The molecular weight excluding hydrogens is 320 g/mol. The van der Waals surface area contributed by atoms with E-state index < -0.39 is 0 Å². The number of ether oxygens (including phenoxy) is 3. The number of hydrogen-bond acceptors (Lipinski definition) is 6. The van der Waals surface area contributed by atoms with Crippen molar-refractivity contribution in [2.75, 3.05) is 33.5 Å². The van der Waals surface area contributed by atoms with Crippen LogP contribution in [0.2, 0.25) is 0 Å². The molecule has 0 atom stereocenters. The maximum absolute atomic E-state index is 8.48. The van der Waals surface area contributed by atoms with Gasteiger partial charge in [0.25, 0.3) is 0 Å². The van der Waals surface area contributed by atoms with Gasteiger partial charge in [-0.25, -0.2) is 4.98 Å². The van der Waals surface area contributed by atoms with Gasteiger partial charge in [0, 0.05) is 36.8 Å². The molecule has 0 unspecified atom stereocenters. The first-order valence-electron chi connectivity index (χ1n) is 8.36. The molecular formula is C19H30N2O4. The smallest absolute Gasteiger partial charge is 0.216 e. The lowest BCUT2D eigenvalue weighted by Crippen LogP contribution is -2.06. The van der Waals surface area contributed by atoms with Gasteiger partial charge < -0.3 is 19.3 Å². The van der Waals surface area contributed by atoms with E-state index in [0.29, 0.717) is 25.7 Å².